The summed E-state index contributed by atoms with van der Waals surface area (Å²) in [5, 5.41) is 9.20. The van der Waals surface area contributed by atoms with Gasteiger partial charge in [-0.15, -0.1) is 0 Å². The van der Waals surface area contributed by atoms with Crippen molar-refractivity contribution in [2.75, 3.05) is 32.1 Å². The van der Waals surface area contributed by atoms with E-state index in [1.807, 2.05) is 18.2 Å². The van der Waals surface area contributed by atoms with Crippen molar-refractivity contribution < 1.29 is 0 Å². The predicted molar refractivity (Wildman–Crippen MR) is 77.8 cm³/mol. The van der Waals surface area contributed by atoms with Gasteiger partial charge in [0.25, 0.3) is 0 Å². The largest absolute Gasteiger partial charge is 0.370 e. The molecule has 1 heterocycles. The van der Waals surface area contributed by atoms with Crippen LogP contribution < -0.4 is 4.90 Å². The molecule has 1 aliphatic rings. The molecule has 0 spiro atoms. The summed E-state index contributed by atoms with van der Waals surface area (Å²) >= 11 is 3.48. The predicted octanol–water partition coefficient (Wildman–Crippen LogP) is 2.85. The topological polar surface area (TPSA) is 30.3 Å². The van der Waals surface area contributed by atoms with E-state index in [2.05, 4.69) is 45.9 Å². The molecule has 0 radical (unpaired) electrons. The monoisotopic (exact) mass is 307 g/mol. The first-order chi connectivity index (χ1) is 8.61. The molecule has 1 aromatic carbocycles. The van der Waals surface area contributed by atoms with Gasteiger partial charge in [-0.3, -0.25) is 0 Å². The molecule has 0 aliphatic carbocycles. The molecular weight excluding hydrogens is 290 g/mol. The fourth-order valence-corrected chi connectivity index (χ4v) is 2.82. The zero-order valence-corrected chi connectivity index (χ0v) is 12.4. The molecular formula is C14H18BrN3. The van der Waals surface area contributed by atoms with E-state index in [0.717, 1.165) is 41.7 Å². The van der Waals surface area contributed by atoms with Crippen LogP contribution in [0.2, 0.25) is 0 Å². The van der Waals surface area contributed by atoms with Gasteiger partial charge in [0, 0.05) is 17.6 Å². The van der Waals surface area contributed by atoms with Crippen LogP contribution in [0.3, 0.4) is 0 Å². The van der Waals surface area contributed by atoms with Gasteiger partial charge < -0.3 is 9.80 Å². The zero-order valence-electron chi connectivity index (χ0n) is 10.9. The Morgan fingerprint density at radius 3 is 2.67 bits per heavy atom. The molecule has 0 bridgehead atoms. The van der Waals surface area contributed by atoms with Crippen LogP contribution in [0.5, 0.6) is 0 Å². The number of likely N-dealkylation sites (tertiary alicyclic amines) is 1. The second-order valence-corrected chi connectivity index (χ2v) is 5.83. The molecule has 4 heteroatoms. The Bertz CT molecular complexity index is 459. The number of halogens is 1. The van der Waals surface area contributed by atoms with E-state index >= 15 is 0 Å². The highest BCUT2D eigenvalue weighted by molar-refractivity contribution is 9.10. The standard InChI is InChI=1S/C14H18BrN3/c1-17-7-5-13(6-8-17)18(2)14-9-12(15)4-3-11(14)10-16/h3-4,9,13H,5-8H2,1-2H3. The lowest BCUT2D eigenvalue weighted by Gasteiger charge is -2.36. The Kier molecular flexibility index (Phi) is 4.26. The number of anilines is 1. The summed E-state index contributed by atoms with van der Waals surface area (Å²) in [6, 6.07) is 8.65. The van der Waals surface area contributed by atoms with Gasteiger partial charge in [-0.2, -0.15) is 5.26 Å². The van der Waals surface area contributed by atoms with E-state index in [-0.39, 0.29) is 0 Å². The SMILES string of the molecule is CN1CCC(N(C)c2cc(Br)ccc2C#N)CC1. The molecule has 1 aromatic rings. The zero-order chi connectivity index (χ0) is 13.1. The fraction of sp³-hybridized carbons (Fsp3) is 0.500. The summed E-state index contributed by atoms with van der Waals surface area (Å²) < 4.78 is 1.02. The van der Waals surface area contributed by atoms with Crippen LogP contribution >= 0.6 is 15.9 Å². The molecule has 1 fully saturated rings. The summed E-state index contributed by atoms with van der Waals surface area (Å²) in [7, 11) is 4.26. The van der Waals surface area contributed by atoms with Gasteiger partial charge in [-0.1, -0.05) is 15.9 Å². The van der Waals surface area contributed by atoms with Crippen molar-refractivity contribution in [3.05, 3.63) is 28.2 Å². The Morgan fingerprint density at radius 1 is 1.39 bits per heavy atom. The molecule has 0 N–H and O–H groups in total. The quantitative estimate of drug-likeness (QED) is 0.841. The van der Waals surface area contributed by atoms with Gasteiger partial charge in [-0.25, -0.2) is 0 Å². The van der Waals surface area contributed by atoms with Gasteiger partial charge in [-0.05, 0) is 51.2 Å². The first-order valence-corrected chi connectivity index (χ1v) is 7.02. The minimum absolute atomic E-state index is 0.530. The van der Waals surface area contributed by atoms with E-state index in [4.69, 9.17) is 0 Å². The Labute approximate surface area is 117 Å². The van der Waals surface area contributed by atoms with Crippen LogP contribution in [0, 0.1) is 11.3 Å². The first-order valence-electron chi connectivity index (χ1n) is 6.23. The van der Waals surface area contributed by atoms with Crippen LogP contribution in [-0.4, -0.2) is 38.1 Å². The average molecular weight is 308 g/mol. The van der Waals surface area contributed by atoms with Crippen LogP contribution in [0.4, 0.5) is 5.69 Å². The summed E-state index contributed by atoms with van der Waals surface area (Å²) in [5.41, 5.74) is 1.78. The maximum atomic E-state index is 9.20. The fourth-order valence-electron chi connectivity index (χ4n) is 2.47. The highest BCUT2D eigenvalue weighted by atomic mass is 79.9. The van der Waals surface area contributed by atoms with Crippen LogP contribution in [-0.2, 0) is 0 Å². The third kappa shape index (κ3) is 2.85. The lowest BCUT2D eigenvalue weighted by Crippen LogP contribution is -2.42. The Balaban J connectivity index is 2.20. The van der Waals surface area contributed by atoms with Gasteiger partial charge in [0.15, 0.2) is 0 Å². The Morgan fingerprint density at radius 2 is 2.06 bits per heavy atom. The molecule has 0 saturated carbocycles. The van der Waals surface area contributed by atoms with Gasteiger partial charge in [0.2, 0.25) is 0 Å². The molecule has 0 atom stereocenters. The smallest absolute Gasteiger partial charge is 0.101 e. The number of benzene rings is 1. The molecule has 0 amide bonds. The third-order valence-electron chi connectivity index (χ3n) is 3.70. The lowest BCUT2D eigenvalue weighted by molar-refractivity contribution is 0.253. The number of hydrogen-bond acceptors (Lipinski definition) is 3. The van der Waals surface area contributed by atoms with Crippen molar-refractivity contribution in [3.63, 3.8) is 0 Å². The van der Waals surface area contributed by atoms with Gasteiger partial charge in [0.05, 0.1) is 11.3 Å². The van der Waals surface area contributed by atoms with Crippen molar-refractivity contribution in [1.29, 1.82) is 5.26 Å². The summed E-state index contributed by atoms with van der Waals surface area (Å²) in [4.78, 5) is 4.62. The molecule has 0 unspecified atom stereocenters. The molecule has 1 aliphatic heterocycles. The van der Waals surface area contributed by atoms with Crippen LogP contribution in [0.25, 0.3) is 0 Å². The summed E-state index contributed by atoms with van der Waals surface area (Å²) in [6.45, 7) is 2.26. The van der Waals surface area contributed by atoms with E-state index in [1.54, 1.807) is 0 Å². The minimum Gasteiger partial charge on any atom is -0.370 e. The number of piperidine rings is 1. The second kappa shape index (κ2) is 5.73. The maximum Gasteiger partial charge on any atom is 0.101 e. The summed E-state index contributed by atoms with van der Waals surface area (Å²) in [5.74, 6) is 0. The van der Waals surface area contributed by atoms with E-state index in [0.29, 0.717) is 6.04 Å². The van der Waals surface area contributed by atoms with Crippen LogP contribution in [0.1, 0.15) is 18.4 Å². The molecule has 2 rings (SSSR count). The number of rotatable bonds is 2. The number of nitriles is 1. The average Bonchev–Trinajstić information content (AvgIpc) is 2.39. The normalized spacial score (nSPS) is 17.4. The summed E-state index contributed by atoms with van der Waals surface area (Å²) in [6.07, 6.45) is 2.31. The number of nitrogens with zero attached hydrogens (tertiary/aromatic N) is 3. The van der Waals surface area contributed by atoms with Gasteiger partial charge >= 0.3 is 0 Å². The van der Waals surface area contributed by atoms with E-state index in [9.17, 15) is 5.26 Å². The van der Waals surface area contributed by atoms with Crippen molar-refractivity contribution >= 4 is 21.6 Å². The number of hydrogen-bond donors (Lipinski definition) is 0. The van der Waals surface area contributed by atoms with E-state index in [1.165, 1.54) is 0 Å². The second-order valence-electron chi connectivity index (χ2n) is 4.92. The first kappa shape index (κ1) is 13.4. The lowest BCUT2D eigenvalue weighted by atomic mass is 10.0. The molecule has 0 aromatic heterocycles. The van der Waals surface area contributed by atoms with Crippen molar-refractivity contribution in [1.82, 2.24) is 4.90 Å². The van der Waals surface area contributed by atoms with E-state index < -0.39 is 0 Å². The maximum absolute atomic E-state index is 9.20. The highest BCUT2D eigenvalue weighted by Crippen LogP contribution is 2.28. The molecule has 3 nitrogen and oxygen atoms in total. The minimum atomic E-state index is 0.530. The van der Waals surface area contributed by atoms with Crippen molar-refractivity contribution in [2.24, 2.45) is 0 Å². The molecule has 18 heavy (non-hydrogen) atoms. The highest BCUT2D eigenvalue weighted by Gasteiger charge is 2.22. The van der Waals surface area contributed by atoms with Crippen LogP contribution in [0.15, 0.2) is 22.7 Å². The Hall–Kier alpha value is -1.05. The molecule has 1 saturated heterocycles. The van der Waals surface area contributed by atoms with Crippen molar-refractivity contribution in [3.8, 4) is 6.07 Å². The third-order valence-corrected chi connectivity index (χ3v) is 4.19. The van der Waals surface area contributed by atoms with Gasteiger partial charge in [0.1, 0.15) is 6.07 Å². The van der Waals surface area contributed by atoms with Crippen molar-refractivity contribution in [2.45, 2.75) is 18.9 Å². The molecule has 96 valence electrons.